The third-order valence-corrected chi connectivity index (χ3v) is 13.8. The molecule has 7 heteroatoms. The van der Waals surface area contributed by atoms with Gasteiger partial charge in [0, 0.05) is 50.0 Å². The van der Waals surface area contributed by atoms with Gasteiger partial charge >= 0.3 is 5.97 Å². The summed E-state index contributed by atoms with van der Waals surface area (Å²) in [6, 6.07) is 15.6. The number of anilines is 1. The number of halogens is 1. The number of hydrogen-bond donors (Lipinski definition) is 1. The number of piperazine rings is 1. The number of benzene rings is 2. The zero-order valence-corrected chi connectivity index (χ0v) is 26.3. The second-order valence-electron chi connectivity index (χ2n) is 13.2. The third-order valence-electron chi connectivity index (χ3n) is 9.09. The number of carboxylic acids is 1. The number of aromatic carboxylic acids is 1. The minimum Gasteiger partial charge on any atom is -0.478 e. The molecular formula is C32H45ClN2O3Si. The summed E-state index contributed by atoms with van der Waals surface area (Å²) in [6.07, 6.45) is 3.24. The van der Waals surface area contributed by atoms with Crippen LogP contribution >= 0.6 is 11.6 Å². The van der Waals surface area contributed by atoms with Gasteiger partial charge in [0.2, 0.25) is 0 Å². The molecule has 0 saturated carbocycles. The monoisotopic (exact) mass is 568 g/mol. The van der Waals surface area contributed by atoms with E-state index in [0.29, 0.717) is 5.56 Å². The second kappa shape index (κ2) is 11.8. The van der Waals surface area contributed by atoms with E-state index in [4.69, 9.17) is 16.0 Å². The van der Waals surface area contributed by atoms with E-state index in [-0.39, 0.29) is 10.5 Å². The number of carbonyl (C=O) groups is 1. The summed E-state index contributed by atoms with van der Waals surface area (Å²) in [5, 5.41) is 10.2. The molecule has 212 valence electrons. The Bertz CT molecular complexity index is 1180. The fraction of sp³-hybridized carbons (Fsp3) is 0.531. The maximum absolute atomic E-state index is 11.2. The highest BCUT2D eigenvalue weighted by molar-refractivity contribution is 6.74. The van der Waals surface area contributed by atoms with Crippen LogP contribution in [0.15, 0.2) is 54.1 Å². The van der Waals surface area contributed by atoms with E-state index in [0.717, 1.165) is 69.3 Å². The van der Waals surface area contributed by atoms with Crippen molar-refractivity contribution < 1.29 is 14.3 Å². The molecular weight excluding hydrogens is 524 g/mol. The first-order chi connectivity index (χ1) is 18.3. The second-order valence-corrected chi connectivity index (χ2v) is 18.5. The van der Waals surface area contributed by atoms with Crippen molar-refractivity contribution in [2.75, 3.05) is 44.2 Å². The largest absolute Gasteiger partial charge is 0.478 e. The number of carboxylic acid groups (broad SMARTS) is 1. The van der Waals surface area contributed by atoms with Crippen molar-refractivity contribution in [3.8, 4) is 0 Å². The lowest BCUT2D eigenvalue weighted by Gasteiger charge is -2.43. The number of nitrogens with zero attached hydrogens (tertiary/aromatic N) is 2. The van der Waals surface area contributed by atoms with Crippen LogP contribution in [0.25, 0.3) is 5.57 Å². The van der Waals surface area contributed by atoms with Gasteiger partial charge in [0.25, 0.3) is 0 Å². The lowest BCUT2D eigenvalue weighted by atomic mass is 9.72. The van der Waals surface area contributed by atoms with Gasteiger partial charge in [-0.05, 0) is 90.3 Å². The summed E-state index contributed by atoms with van der Waals surface area (Å²) in [4.78, 5) is 16.1. The Morgan fingerprint density at radius 1 is 1.03 bits per heavy atom. The van der Waals surface area contributed by atoms with Crippen LogP contribution in [0, 0.1) is 5.41 Å². The predicted molar refractivity (Wildman–Crippen MR) is 166 cm³/mol. The molecule has 0 bridgehead atoms. The van der Waals surface area contributed by atoms with Gasteiger partial charge in [0.15, 0.2) is 8.32 Å². The normalized spacial score (nSPS) is 21.4. The summed E-state index contributed by atoms with van der Waals surface area (Å²) < 4.78 is 6.76. The summed E-state index contributed by atoms with van der Waals surface area (Å²) >= 11 is 6.23. The number of rotatable bonds is 8. The average molecular weight is 569 g/mol. The Morgan fingerprint density at radius 2 is 1.64 bits per heavy atom. The van der Waals surface area contributed by atoms with Gasteiger partial charge in [0.05, 0.1) is 5.56 Å². The highest BCUT2D eigenvalue weighted by Crippen LogP contribution is 2.45. The molecule has 1 atom stereocenters. The first-order valence-electron chi connectivity index (χ1n) is 14.2. The molecule has 4 rings (SSSR count). The molecule has 39 heavy (non-hydrogen) atoms. The summed E-state index contributed by atoms with van der Waals surface area (Å²) in [5.41, 5.74) is 5.85. The van der Waals surface area contributed by atoms with Gasteiger partial charge in [-0.3, -0.25) is 4.90 Å². The quantitative estimate of drug-likeness (QED) is 0.329. The number of hydrogen-bond acceptors (Lipinski definition) is 4. The summed E-state index contributed by atoms with van der Waals surface area (Å²) in [5.74, 6) is -0.884. The maximum atomic E-state index is 11.2. The Balaban J connectivity index is 1.48. The van der Waals surface area contributed by atoms with Crippen molar-refractivity contribution >= 4 is 37.1 Å². The van der Waals surface area contributed by atoms with Crippen LogP contribution in [0.3, 0.4) is 0 Å². The lowest BCUT2D eigenvalue weighted by molar-refractivity contribution is 0.0697. The summed E-state index contributed by atoms with van der Waals surface area (Å²) in [6.45, 7) is 19.7. The zero-order valence-electron chi connectivity index (χ0n) is 24.5. The lowest BCUT2D eigenvalue weighted by Crippen LogP contribution is -2.47. The van der Waals surface area contributed by atoms with Crippen LogP contribution in [0.4, 0.5) is 5.69 Å². The van der Waals surface area contributed by atoms with E-state index in [1.54, 1.807) is 12.1 Å². The molecule has 1 saturated heterocycles. The molecule has 0 radical (unpaired) electrons. The first kappa shape index (κ1) is 29.8. The molecule has 0 aromatic heterocycles. The molecule has 1 N–H and O–H groups in total. The summed E-state index contributed by atoms with van der Waals surface area (Å²) in [7, 11) is -1.82. The molecule has 1 fully saturated rings. The Kier molecular flexibility index (Phi) is 9.01. The van der Waals surface area contributed by atoms with Crippen LogP contribution in [-0.4, -0.2) is 63.6 Å². The van der Waals surface area contributed by atoms with Gasteiger partial charge in [-0.25, -0.2) is 4.79 Å². The van der Waals surface area contributed by atoms with Crippen LogP contribution in [-0.2, 0) is 4.43 Å². The SMILES string of the molecule is CC(C)(C)[Si](C)(C)OC[C@]1(C)CCC(c2ccc(Cl)cc2)=C(CN2CCN(c3ccc(C(=O)O)cc3)CC2)C1. The van der Waals surface area contributed by atoms with Crippen LogP contribution in [0.1, 0.15) is 62.9 Å². The average Bonchev–Trinajstić information content (AvgIpc) is 2.88. The minimum atomic E-state index is -1.82. The van der Waals surface area contributed by atoms with Crippen molar-refractivity contribution in [2.24, 2.45) is 5.41 Å². The van der Waals surface area contributed by atoms with Crippen LogP contribution in [0.5, 0.6) is 0 Å². The molecule has 1 heterocycles. The van der Waals surface area contributed by atoms with E-state index in [9.17, 15) is 9.90 Å². The fourth-order valence-electron chi connectivity index (χ4n) is 5.41. The molecule has 0 unspecified atom stereocenters. The third kappa shape index (κ3) is 7.34. The molecule has 5 nitrogen and oxygen atoms in total. The van der Waals surface area contributed by atoms with Crippen molar-refractivity contribution in [3.05, 3.63) is 70.3 Å². The molecule has 0 amide bonds. The number of allylic oxidation sites excluding steroid dienone is 1. The smallest absolute Gasteiger partial charge is 0.335 e. The first-order valence-corrected chi connectivity index (χ1v) is 17.5. The molecule has 2 aliphatic rings. The van der Waals surface area contributed by atoms with Crippen LogP contribution < -0.4 is 4.90 Å². The van der Waals surface area contributed by atoms with Crippen LogP contribution in [0.2, 0.25) is 23.2 Å². The fourth-order valence-corrected chi connectivity index (χ4v) is 6.68. The Labute approximate surface area is 240 Å². The predicted octanol–water partition coefficient (Wildman–Crippen LogP) is 7.83. The molecule has 2 aromatic rings. The van der Waals surface area contributed by atoms with E-state index in [1.165, 1.54) is 16.7 Å². The van der Waals surface area contributed by atoms with E-state index >= 15 is 0 Å². The van der Waals surface area contributed by atoms with Crippen molar-refractivity contribution in [2.45, 2.75) is 65.1 Å². The highest BCUT2D eigenvalue weighted by Gasteiger charge is 2.40. The van der Waals surface area contributed by atoms with E-state index < -0.39 is 14.3 Å². The van der Waals surface area contributed by atoms with Gasteiger partial charge in [-0.1, -0.05) is 57.0 Å². The van der Waals surface area contributed by atoms with E-state index in [1.807, 2.05) is 24.3 Å². The molecule has 2 aromatic carbocycles. The minimum absolute atomic E-state index is 0.133. The molecule has 1 aliphatic heterocycles. The molecule has 0 spiro atoms. The zero-order chi connectivity index (χ0) is 28.4. The Hall–Kier alpha value is -2.12. The Morgan fingerprint density at radius 3 is 2.21 bits per heavy atom. The van der Waals surface area contributed by atoms with Crippen molar-refractivity contribution in [3.63, 3.8) is 0 Å². The van der Waals surface area contributed by atoms with Crippen molar-refractivity contribution in [1.82, 2.24) is 4.90 Å². The van der Waals surface area contributed by atoms with Crippen molar-refractivity contribution in [1.29, 1.82) is 0 Å². The van der Waals surface area contributed by atoms with E-state index in [2.05, 4.69) is 62.7 Å². The highest BCUT2D eigenvalue weighted by atomic mass is 35.5. The topological polar surface area (TPSA) is 53.0 Å². The van der Waals surface area contributed by atoms with Gasteiger partial charge in [-0.2, -0.15) is 0 Å². The standard InChI is InChI=1S/C32H45ClN2O3Si/c1-31(2,3)39(5,6)38-23-32(4)16-15-29(24-7-11-27(33)12-8-24)26(21-32)22-34-17-19-35(20-18-34)28-13-9-25(10-14-28)30(36)37/h7-14H,15-23H2,1-6H3,(H,36,37)/t32-/m1/s1. The van der Waals surface area contributed by atoms with Gasteiger partial charge in [-0.15, -0.1) is 0 Å². The van der Waals surface area contributed by atoms with Gasteiger partial charge in [0.1, 0.15) is 0 Å². The van der Waals surface area contributed by atoms with Gasteiger partial charge < -0.3 is 14.4 Å². The molecule has 1 aliphatic carbocycles. The maximum Gasteiger partial charge on any atom is 0.335 e.